The molecule has 7 heteroatoms. The molecule has 27 heavy (non-hydrogen) atoms. The highest BCUT2D eigenvalue weighted by Gasteiger charge is 2.28. The van der Waals surface area contributed by atoms with Gasteiger partial charge in [-0.25, -0.2) is 4.99 Å². The van der Waals surface area contributed by atoms with Gasteiger partial charge in [0.15, 0.2) is 0 Å². The molecule has 0 saturated carbocycles. The smallest absolute Gasteiger partial charge is 0.218 e. The maximum absolute atomic E-state index is 9.62. The third-order valence-electron chi connectivity index (χ3n) is 4.64. The Labute approximate surface area is 170 Å². The highest BCUT2D eigenvalue weighted by atomic mass is 35.5. The van der Waals surface area contributed by atoms with E-state index in [1.807, 2.05) is 24.9 Å². The molecule has 0 aliphatic rings. The Hall–Kier alpha value is -2.10. The van der Waals surface area contributed by atoms with Crippen LogP contribution < -0.4 is 4.74 Å². The van der Waals surface area contributed by atoms with Crippen LogP contribution in [0.3, 0.4) is 0 Å². The van der Waals surface area contributed by atoms with Gasteiger partial charge >= 0.3 is 0 Å². The molecule has 0 fully saturated rings. The number of aryl methyl sites for hydroxylation is 1. The molecule has 1 aromatic heterocycles. The van der Waals surface area contributed by atoms with E-state index in [9.17, 15) is 5.26 Å². The Kier molecular flexibility index (Phi) is 6.85. The van der Waals surface area contributed by atoms with E-state index in [1.54, 1.807) is 12.4 Å². The summed E-state index contributed by atoms with van der Waals surface area (Å²) in [5.74, 6) is 0.498. The molecular weight excluding hydrogens is 380 g/mol. The molecule has 5 nitrogen and oxygen atoms in total. The van der Waals surface area contributed by atoms with Gasteiger partial charge in [0.05, 0.1) is 22.7 Å². The maximum atomic E-state index is 9.62. The Morgan fingerprint density at radius 2 is 2.11 bits per heavy atom. The lowest BCUT2D eigenvalue weighted by atomic mass is 9.84. The van der Waals surface area contributed by atoms with E-state index in [0.29, 0.717) is 21.4 Å². The van der Waals surface area contributed by atoms with Crippen LogP contribution in [-0.2, 0) is 5.41 Å². The number of halogens is 1. The van der Waals surface area contributed by atoms with Crippen LogP contribution in [0.5, 0.6) is 10.8 Å². The van der Waals surface area contributed by atoms with Gasteiger partial charge in [-0.3, -0.25) is 0 Å². The van der Waals surface area contributed by atoms with Crippen molar-refractivity contribution >= 4 is 35.2 Å². The van der Waals surface area contributed by atoms with Crippen molar-refractivity contribution in [3.63, 3.8) is 0 Å². The summed E-state index contributed by atoms with van der Waals surface area (Å²) in [6, 6.07) is 5.85. The molecule has 0 radical (unpaired) electrons. The van der Waals surface area contributed by atoms with Crippen molar-refractivity contribution in [3.05, 3.63) is 34.0 Å². The normalized spacial score (nSPS) is 11.6. The molecule has 0 spiro atoms. The standard InChI is InChI=1S/C20H25ClN4OS/c1-7-20(4,5)18-14(11-22)19(27-24-18)26-17-9-13(3)16(10-15(17)21)23-12-25(6)8-2/h9-10,12H,7-8H2,1-6H3. The number of aromatic nitrogens is 1. The van der Waals surface area contributed by atoms with E-state index in [1.165, 1.54) is 11.5 Å². The number of benzene rings is 1. The van der Waals surface area contributed by atoms with E-state index >= 15 is 0 Å². The van der Waals surface area contributed by atoms with Crippen LogP contribution in [0.15, 0.2) is 17.1 Å². The van der Waals surface area contributed by atoms with Crippen LogP contribution in [0, 0.1) is 18.3 Å². The van der Waals surface area contributed by atoms with E-state index in [-0.39, 0.29) is 5.41 Å². The van der Waals surface area contributed by atoms with Gasteiger partial charge < -0.3 is 9.64 Å². The Balaban J connectivity index is 2.35. The quantitative estimate of drug-likeness (QED) is 0.415. The monoisotopic (exact) mass is 404 g/mol. The van der Waals surface area contributed by atoms with Crippen molar-refractivity contribution in [2.24, 2.45) is 4.99 Å². The fourth-order valence-electron chi connectivity index (χ4n) is 2.28. The molecule has 2 aromatic rings. The van der Waals surface area contributed by atoms with Crippen molar-refractivity contribution in [3.8, 4) is 16.9 Å². The summed E-state index contributed by atoms with van der Waals surface area (Å²) in [4.78, 5) is 6.44. The molecule has 0 atom stereocenters. The molecule has 0 unspecified atom stereocenters. The molecule has 0 amide bonds. The second-order valence-corrected chi connectivity index (χ2v) is 8.17. The van der Waals surface area contributed by atoms with Crippen LogP contribution in [0.2, 0.25) is 5.02 Å². The lowest BCUT2D eigenvalue weighted by Crippen LogP contribution is -2.17. The SMILES string of the molecule is CCN(C)C=Nc1cc(Cl)c(Oc2snc(C(C)(C)CC)c2C#N)cc1C. The first-order chi connectivity index (χ1) is 12.7. The van der Waals surface area contributed by atoms with Crippen molar-refractivity contribution in [1.29, 1.82) is 5.26 Å². The minimum atomic E-state index is -0.188. The summed E-state index contributed by atoms with van der Waals surface area (Å²) >= 11 is 7.59. The molecule has 0 saturated heterocycles. The molecule has 0 bridgehead atoms. The minimum Gasteiger partial charge on any atom is -0.442 e. The average molecular weight is 405 g/mol. The lowest BCUT2D eigenvalue weighted by molar-refractivity contribution is 0.479. The van der Waals surface area contributed by atoms with Crippen LogP contribution in [0.25, 0.3) is 0 Å². The highest BCUT2D eigenvalue weighted by molar-refractivity contribution is 7.08. The van der Waals surface area contributed by atoms with Crippen LogP contribution in [0.4, 0.5) is 5.69 Å². The lowest BCUT2D eigenvalue weighted by Gasteiger charge is -2.20. The summed E-state index contributed by atoms with van der Waals surface area (Å²) in [6.45, 7) is 11.1. The zero-order chi connectivity index (χ0) is 20.2. The second kappa shape index (κ2) is 8.73. The van der Waals surface area contributed by atoms with Crippen molar-refractivity contribution in [2.75, 3.05) is 13.6 Å². The maximum Gasteiger partial charge on any atom is 0.218 e. The zero-order valence-electron chi connectivity index (χ0n) is 16.6. The van der Waals surface area contributed by atoms with E-state index in [2.05, 4.69) is 43.1 Å². The molecular formula is C20H25ClN4OS. The van der Waals surface area contributed by atoms with Crippen molar-refractivity contribution in [1.82, 2.24) is 9.27 Å². The highest BCUT2D eigenvalue weighted by Crippen LogP contribution is 2.41. The first-order valence-corrected chi connectivity index (χ1v) is 10.0. The predicted molar refractivity (Wildman–Crippen MR) is 113 cm³/mol. The van der Waals surface area contributed by atoms with E-state index in [4.69, 9.17) is 16.3 Å². The molecule has 0 aliphatic carbocycles. The summed E-state index contributed by atoms with van der Waals surface area (Å²) < 4.78 is 10.4. The molecule has 144 valence electrons. The summed E-state index contributed by atoms with van der Waals surface area (Å²) in [5.41, 5.74) is 2.78. The van der Waals surface area contributed by atoms with Crippen molar-refractivity contribution < 1.29 is 4.74 Å². The molecule has 0 aliphatic heterocycles. The molecule has 0 N–H and O–H groups in total. The van der Waals surface area contributed by atoms with Gasteiger partial charge in [0, 0.05) is 30.5 Å². The van der Waals surface area contributed by atoms with Gasteiger partial charge in [-0.2, -0.15) is 9.64 Å². The zero-order valence-corrected chi connectivity index (χ0v) is 18.2. The Morgan fingerprint density at radius 3 is 2.70 bits per heavy atom. The molecule has 1 aromatic carbocycles. The molecule has 1 heterocycles. The van der Waals surface area contributed by atoms with Gasteiger partial charge in [-0.1, -0.05) is 32.4 Å². The summed E-state index contributed by atoms with van der Waals surface area (Å²) in [7, 11) is 1.96. The van der Waals surface area contributed by atoms with E-state index in [0.717, 1.165) is 29.9 Å². The van der Waals surface area contributed by atoms with Gasteiger partial charge in [-0.15, -0.1) is 0 Å². The molecule has 2 rings (SSSR count). The number of aliphatic imine (C=N–C) groups is 1. The van der Waals surface area contributed by atoms with E-state index < -0.39 is 0 Å². The fraction of sp³-hybridized carbons (Fsp3) is 0.450. The van der Waals surface area contributed by atoms with Crippen LogP contribution in [-0.4, -0.2) is 29.2 Å². The summed E-state index contributed by atoms with van der Waals surface area (Å²) in [6.07, 6.45) is 2.65. The number of hydrogen-bond acceptors (Lipinski definition) is 5. The number of nitriles is 1. The first-order valence-electron chi connectivity index (χ1n) is 8.86. The Morgan fingerprint density at radius 1 is 1.41 bits per heavy atom. The average Bonchev–Trinajstić information content (AvgIpc) is 3.06. The number of hydrogen-bond donors (Lipinski definition) is 0. The van der Waals surface area contributed by atoms with Crippen molar-refractivity contribution in [2.45, 2.75) is 46.5 Å². The number of nitrogens with zero attached hydrogens (tertiary/aromatic N) is 4. The topological polar surface area (TPSA) is 61.5 Å². The number of rotatable bonds is 7. The van der Waals surface area contributed by atoms with Gasteiger partial charge in [0.25, 0.3) is 0 Å². The third-order valence-corrected chi connectivity index (χ3v) is 5.67. The number of ether oxygens (including phenoxy) is 1. The second-order valence-electron chi connectivity index (χ2n) is 7.03. The van der Waals surface area contributed by atoms with Gasteiger partial charge in [0.1, 0.15) is 17.4 Å². The van der Waals surface area contributed by atoms with Gasteiger partial charge in [0.2, 0.25) is 5.06 Å². The summed E-state index contributed by atoms with van der Waals surface area (Å²) in [5, 5.41) is 10.5. The van der Waals surface area contributed by atoms with Gasteiger partial charge in [-0.05, 0) is 38.0 Å². The third kappa shape index (κ3) is 4.79. The Bertz CT molecular complexity index is 883. The predicted octanol–water partition coefficient (Wildman–Crippen LogP) is 6.07. The van der Waals surface area contributed by atoms with Crippen LogP contribution in [0.1, 0.15) is 50.9 Å². The first kappa shape index (κ1) is 21.2. The fourth-order valence-corrected chi connectivity index (χ4v) is 3.35. The minimum absolute atomic E-state index is 0.188. The van der Waals surface area contributed by atoms with Crippen LogP contribution >= 0.6 is 23.1 Å². The largest absolute Gasteiger partial charge is 0.442 e.